The van der Waals surface area contributed by atoms with Crippen LogP contribution in [0.4, 0.5) is 0 Å². The Labute approximate surface area is 109 Å². The van der Waals surface area contributed by atoms with E-state index >= 15 is 0 Å². The number of carbonyl (C=O) groups is 2. The lowest BCUT2D eigenvalue weighted by Gasteiger charge is -2.39. The molecule has 104 valence electrons. The molecule has 0 bridgehead atoms. The van der Waals surface area contributed by atoms with Crippen LogP contribution in [0.2, 0.25) is 0 Å². The molecule has 1 saturated heterocycles. The van der Waals surface area contributed by atoms with Crippen LogP contribution < -0.4 is 0 Å². The minimum Gasteiger partial charge on any atom is -0.480 e. The van der Waals surface area contributed by atoms with Gasteiger partial charge in [-0.05, 0) is 33.1 Å². The van der Waals surface area contributed by atoms with E-state index in [2.05, 4.69) is 0 Å². The summed E-state index contributed by atoms with van der Waals surface area (Å²) in [5, 5.41) is 8.92. The molecule has 0 unspecified atom stereocenters. The quantitative estimate of drug-likeness (QED) is 0.802. The first-order valence-electron chi connectivity index (χ1n) is 6.65. The zero-order valence-electron chi connectivity index (χ0n) is 11.6. The molecule has 1 fully saturated rings. The summed E-state index contributed by atoms with van der Waals surface area (Å²) in [6.07, 6.45) is 3.15. The van der Waals surface area contributed by atoms with Gasteiger partial charge in [-0.15, -0.1) is 0 Å². The van der Waals surface area contributed by atoms with Crippen LogP contribution >= 0.6 is 0 Å². The van der Waals surface area contributed by atoms with Gasteiger partial charge in [0.2, 0.25) is 5.91 Å². The van der Waals surface area contributed by atoms with Crippen molar-refractivity contribution in [3.63, 3.8) is 0 Å². The number of nitrogens with zero attached hydrogens (tertiary/aromatic N) is 2. The summed E-state index contributed by atoms with van der Waals surface area (Å²) in [5.74, 6) is -0.715. The van der Waals surface area contributed by atoms with Gasteiger partial charge in [0.1, 0.15) is 0 Å². The lowest BCUT2D eigenvalue weighted by Crippen LogP contribution is -2.51. The van der Waals surface area contributed by atoms with Crippen LogP contribution in [0.5, 0.6) is 0 Å². The zero-order chi connectivity index (χ0) is 13.7. The Kier molecular flexibility index (Phi) is 5.59. The predicted octanol–water partition coefficient (Wildman–Crippen LogP) is 1.18. The topological polar surface area (TPSA) is 60.9 Å². The normalized spacial score (nSPS) is 20.5. The molecule has 0 radical (unpaired) electrons. The Bertz CT molecular complexity index is 305. The molecule has 0 aromatic rings. The molecule has 1 amide bonds. The van der Waals surface area contributed by atoms with Crippen LogP contribution in [-0.2, 0) is 9.59 Å². The third-order valence-corrected chi connectivity index (χ3v) is 3.55. The minimum absolute atomic E-state index is 0.0416. The van der Waals surface area contributed by atoms with Gasteiger partial charge in [0, 0.05) is 32.1 Å². The first kappa shape index (κ1) is 15.0. The number of rotatable bonds is 5. The Hall–Kier alpha value is -1.10. The SMILES string of the molecule is CC(=O)N1CCCC[C@H]1CN(CC(=O)O)C(C)C. The van der Waals surface area contributed by atoms with E-state index in [0.717, 1.165) is 25.8 Å². The molecule has 5 nitrogen and oxygen atoms in total. The summed E-state index contributed by atoms with van der Waals surface area (Å²) < 4.78 is 0. The fraction of sp³-hybridized carbons (Fsp3) is 0.846. The highest BCUT2D eigenvalue weighted by Crippen LogP contribution is 2.18. The lowest BCUT2D eigenvalue weighted by molar-refractivity contribution is -0.139. The van der Waals surface area contributed by atoms with E-state index in [9.17, 15) is 9.59 Å². The number of carboxylic acid groups (broad SMARTS) is 1. The molecule has 1 aliphatic rings. The van der Waals surface area contributed by atoms with Gasteiger partial charge in [0.25, 0.3) is 0 Å². The molecule has 18 heavy (non-hydrogen) atoms. The Morgan fingerprint density at radius 1 is 1.39 bits per heavy atom. The highest BCUT2D eigenvalue weighted by atomic mass is 16.4. The van der Waals surface area contributed by atoms with Gasteiger partial charge < -0.3 is 10.0 Å². The van der Waals surface area contributed by atoms with Gasteiger partial charge in [-0.1, -0.05) is 0 Å². The van der Waals surface area contributed by atoms with Crippen molar-refractivity contribution in [2.24, 2.45) is 0 Å². The van der Waals surface area contributed by atoms with Gasteiger partial charge in [0.15, 0.2) is 0 Å². The maximum absolute atomic E-state index is 11.6. The third kappa shape index (κ3) is 4.29. The molecule has 0 aromatic heterocycles. The summed E-state index contributed by atoms with van der Waals surface area (Å²) in [6, 6.07) is 0.342. The van der Waals surface area contributed by atoms with Gasteiger partial charge in [-0.3, -0.25) is 14.5 Å². The Balaban J connectivity index is 2.65. The molecule has 0 aromatic carbocycles. The summed E-state index contributed by atoms with van der Waals surface area (Å²) in [4.78, 5) is 26.2. The van der Waals surface area contributed by atoms with Crippen molar-refractivity contribution < 1.29 is 14.7 Å². The van der Waals surface area contributed by atoms with E-state index < -0.39 is 5.97 Å². The maximum Gasteiger partial charge on any atom is 0.317 e. The van der Waals surface area contributed by atoms with E-state index in [1.165, 1.54) is 0 Å². The number of carboxylic acids is 1. The number of hydrogen-bond acceptors (Lipinski definition) is 3. The standard InChI is InChI=1S/C13H24N2O3/c1-10(2)14(9-13(17)18)8-12-6-4-5-7-15(12)11(3)16/h10,12H,4-9H2,1-3H3,(H,17,18)/t12-/m0/s1. The molecular formula is C13H24N2O3. The van der Waals surface area contributed by atoms with Crippen LogP contribution in [0.15, 0.2) is 0 Å². The van der Waals surface area contributed by atoms with Crippen molar-refractivity contribution >= 4 is 11.9 Å². The number of amides is 1. The molecule has 1 N–H and O–H groups in total. The summed E-state index contributed by atoms with van der Waals surface area (Å²) >= 11 is 0. The summed E-state index contributed by atoms with van der Waals surface area (Å²) in [7, 11) is 0. The third-order valence-electron chi connectivity index (χ3n) is 3.55. The van der Waals surface area contributed by atoms with Crippen molar-refractivity contribution in [2.45, 2.75) is 52.1 Å². The molecule has 1 rings (SSSR count). The molecular weight excluding hydrogens is 232 g/mol. The second kappa shape index (κ2) is 6.73. The first-order chi connectivity index (χ1) is 8.41. The number of carbonyl (C=O) groups excluding carboxylic acids is 1. The van der Waals surface area contributed by atoms with Crippen LogP contribution in [-0.4, -0.2) is 58.5 Å². The highest BCUT2D eigenvalue weighted by Gasteiger charge is 2.27. The fourth-order valence-electron chi connectivity index (χ4n) is 2.51. The largest absolute Gasteiger partial charge is 0.480 e. The second-order valence-corrected chi connectivity index (χ2v) is 5.28. The Morgan fingerprint density at radius 3 is 2.56 bits per heavy atom. The van der Waals surface area contributed by atoms with Crippen LogP contribution in [0.3, 0.4) is 0 Å². The average molecular weight is 256 g/mol. The molecule has 1 atom stereocenters. The van der Waals surface area contributed by atoms with E-state index in [-0.39, 0.29) is 24.5 Å². The van der Waals surface area contributed by atoms with Gasteiger partial charge in [-0.25, -0.2) is 0 Å². The van der Waals surface area contributed by atoms with Crippen molar-refractivity contribution in [3.8, 4) is 0 Å². The highest BCUT2D eigenvalue weighted by molar-refractivity contribution is 5.73. The maximum atomic E-state index is 11.6. The van der Waals surface area contributed by atoms with Crippen molar-refractivity contribution in [1.29, 1.82) is 0 Å². The monoisotopic (exact) mass is 256 g/mol. The van der Waals surface area contributed by atoms with E-state index in [0.29, 0.717) is 6.54 Å². The first-order valence-corrected chi connectivity index (χ1v) is 6.65. The molecule has 0 aliphatic carbocycles. The van der Waals surface area contributed by atoms with Crippen molar-refractivity contribution in [1.82, 2.24) is 9.80 Å². The van der Waals surface area contributed by atoms with Crippen molar-refractivity contribution in [3.05, 3.63) is 0 Å². The molecule has 0 spiro atoms. The van der Waals surface area contributed by atoms with E-state index in [1.807, 2.05) is 23.6 Å². The van der Waals surface area contributed by atoms with Crippen molar-refractivity contribution in [2.75, 3.05) is 19.6 Å². The minimum atomic E-state index is -0.811. The molecule has 0 saturated carbocycles. The lowest BCUT2D eigenvalue weighted by atomic mass is 10.0. The number of likely N-dealkylation sites (tertiary alicyclic amines) is 1. The molecule has 1 heterocycles. The predicted molar refractivity (Wildman–Crippen MR) is 69.4 cm³/mol. The average Bonchev–Trinajstić information content (AvgIpc) is 2.27. The fourth-order valence-corrected chi connectivity index (χ4v) is 2.51. The van der Waals surface area contributed by atoms with Crippen LogP contribution in [0.25, 0.3) is 0 Å². The van der Waals surface area contributed by atoms with E-state index in [1.54, 1.807) is 6.92 Å². The van der Waals surface area contributed by atoms with Gasteiger partial charge in [-0.2, -0.15) is 0 Å². The number of aliphatic carboxylic acids is 1. The summed E-state index contributed by atoms with van der Waals surface area (Å²) in [5.41, 5.74) is 0. The van der Waals surface area contributed by atoms with E-state index in [4.69, 9.17) is 5.11 Å². The molecule has 1 aliphatic heterocycles. The number of piperidine rings is 1. The Morgan fingerprint density at radius 2 is 2.06 bits per heavy atom. The van der Waals surface area contributed by atoms with Gasteiger partial charge >= 0.3 is 5.97 Å². The summed E-state index contributed by atoms with van der Waals surface area (Å²) in [6.45, 7) is 7.07. The van der Waals surface area contributed by atoms with Crippen LogP contribution in [0, 0.1) is 0 Å². The smallest absolute Gasteiger partial charge is 0.317 e. The second-order valence-electron chi connectivity index (χ2n) is 5.28. The number of hydrogen-bond donors (Lipinski definition) is 1. The molecule has 5 heteroatoms. The van der Waals surface area contributed by atoms with Gasteiger partial charge in [0.05, 0.1) is 6.54 Å². The zero-order valence-corrected chi connectivity index (χ0v) is 11.6. The van der Waals surface area contributed by atoms with Crippen LogP contribution in [0.1, 0.15) is 40.0 Å².